The van der Waals surface area contributed by atoms with Gasteiger partial charge >= 0.3 is 6.36 Å². The first-order chi connectivity index (χ1) is 12.8. The van der Waals surface area contributed by atoms with E-state index in [0.717, 1.165) is 46.7 Å². The lowest BCUT2D eigenvalue weighted by atomic mass is 10.1. The van der Waals surface area contributed by atoms with Crippen LogP contribution < -0.4 is 10.1 Å². The van der Waals surface area contributed by atoms with Gasteiger partial charge in [0.1, 0.15) is 22.2 Å². The van der Waals surface area contributed by atoms with E-state index in [9.17, 15) is 13.2 Å². The molecule has 0 aliphatic heterocycles. The Bertz CT molecular complexity index is 907. The van der Waals surface area contributed by atoms with Crippen LogP contribution in [0.25, 0.3) is 10.2 Å². The summed E-state index contributed by atoms with van der Waals surface area (Å²) in [4.78, 5) is 11.3. The summed E-state index contributed by atoms with van der Waals surface area (Å²) in [6.45, 7) is 4.79. The van der Waals surface area contributed by atoms with Crippen molar-refractivity contribution in [2.75, 3.05) is 11.9 Å². The highest BCUT2D eigenvalue weighted by molar-refractivity contribution is 7.18. The summed E-state index contributed by atoms with van der Waals surface area (Å²) in [7, 11) is 0. The van der Waals surface area contributed by atoms with Gasteiger partial charge < -0.3 is 10.1 Å². The number of halogens is 3. The van der Waals surface area contributed by atoms with Crippen LogP contribution in [-0.4, -0.2) is 22.9 Å². The van der Waals surface area contributed by atoms with Crippen molar-refractivity contribution in [1.82, 2.24) is 9.97 Å². The summed E-state index contributed by atoms with van der Waals surface area (Å²) in [5.41, 5.74) is 0.958. The molecule has 0 bridgehead atoms. The van der Waals surface area contributed by atoms with Crippen molar-refractivity contribution in [3.05, 3.63) is 46.6 Å². The molecule has 27 heavy (non-hydrogen) atoms. The van der Waals surface area contributed by atoms with Crippen LogP contribution in [0.1, 0.15) is 29.6 Å². The molecule has 0 spiro atoms. The molecule has 144 valence electrons. The third-order valence-corrected chi connectivity index (χ3v) is 4.91. The minimum absolute atomic E-state index is 0.201. The van der Waals surface area contributed by atoms with Gasteiger partial charge in [0.15, 0.2) is 0 Å². The SMILES string of the molecule is CCc1nc(NCCCc2ccc(OC(F)(F)F)cc2)c2cc(C)sc2n1. The molecule has 0 amide bonds. The van der Waals surface area contributed by atoms with E-state index in [1.807, 2.05) is 13.8 Å². The van der Waals surface area contributed by atoms with E-state index in [2.05, 4.69) is 26.1 Å². The van der Waals surface area contributed by atoms with E-state index in [1.165, 1.54) is 17.0 Å². The third-order valence-electron chi connectivity index (χ3n) is 3.97. The molecule has 1 N–H and O–H groups in total. The van der Waals surface area contributed by atoms with Crippen molar-refractivity contribution in [3.8, 4) is 5.75 Å². The largest absolute Gasteiger partial charge is 0.573 e. The molecule has 3 aromatic rings. The van der Waals surface area contributed by atoms with Gasteiger partial charge in [-0.05, 0) is 43.5 Å². The molecular weight excluding hydrogens is 375 g/mol. The molecule has 2 aromatic heterocycles. The van der Waals surface area contributed by atoms with Crippen LogP contribution >= 0.6 is 11.3 Å². The van der Waals surface area contributed by atoms with Crippen molar-refractivity contribution in [2.45, 2.75) is 39.5 Å². The van der Waals surface area contributed by atoms with Crippen LogP contribution in [0.5, 0.6) is 5.75 Å². The molecule has 3 rings (SSSR count). The van der Waals surface area contributed by atoms with Gasteiger partial charge in [-0.3, -0.25) is 0 Å². The number of aryl methyl sites for hydroxylation is 3. The van der Waals surface area contributed by atoms with Crippen molar-refractivity contribution >= 4 is 27.4 Å². The fraction of sp³-hybridized carbons (Fsp3) is 0.368. The molecular formula is C19H20F3N3OS. The number of anilines is 1. The molecule has 0 radical (unpaired) electrons. The summed E-state index contributed by atoms with van der Waals surface area (Å²) in [6, 6.07) is 8.07. The zero-order valence-corrected chi connectivity index (χ0v) is 15.9. The highest BCUT2D eigenvalue weighted by Gasteiger charge is 2.30. The predicted molar refractivity (Wildman–Crippen MR) is 101 cm³/mol. The van der Waals surface area contributed by atoms with Crippen LogP contribution in [0.4, 0.5) is 19.0 Å². The summed E-state index contributed by atoms with van der Waals surface area (Å²) in [5, 5.41) is 4.40. The number of thiophene rings is 1. The van der Waals surface area contributed by atoms with Crippen LogP contribution in [0.15, 0.2) is 30.3 Å². The van der Waals surface area contributed by atoms with Gasteiger partial charge in [-0.15, -0.1) is 24.5 Å². The maximum absolute atomic E-state index is 12.2. The average Bonchev–Trinajstić information content (AvgIpc) is 2.98. The van der Waals surface area contributed by atoms with E-state index >= 15 is 0 Å². The lowest BCUT2D eigenvalue weighted by Gasteiger charge is -2.10. The fourth-order valence-corrected chi connectivity index (χ4v) is 3.63. The van der Waals surface area contributed by atoms with Gasteiger partial charge in [0.25, 0.3) is 0 Å². The van der Waals surface area contributed by atoms with Crippen molar-refractivity contribution < 1.29 is 17.9 Å². The Kier molecular flexibility index (Phi) is 5.84. The Morgan fingerprint density at radius 3 is 2.56 bits per heavy atom. The Balaban J connectivity index is 1.57. The van der Waals surface area contributed by atoms with Gasteiger partial charge in [0.2, 0.25) is 0 Å². The van der Waals surface area contributed by atoms with E-state index in [1.54, 1.807) is 23.5 Å². The first-order valence-electron chi connectivity index (χ1n) is 8.69. The number of rotatable bonds is 7. The Labute approximate surface area is 159 Å². The number of nitrogens with zero attached hydrogens (tertiary/aromatic N) is 2. The normalized spacial score (nSPS) is 11.7. The second-order valence-corrected chi connectivity index (χ2v) is 7.37. The smallest absolute Gasteiger partial charge is 0.406 e. The minimum Gasteiger partial charge on any atom is -0.406 e. The molecule has 0 atom stereocenters. The average molecular weight is 395 g/mol. The molecule has 4 nitrogen and oxygen atoms in total. The maximum atomic E-state index is 12.2. The molecule has 1 aromatic carbocycles. The van der Waals surface area contributed by atoms with Crippen molar-refractivity contribution in [1.29, 1.82) is 0 Å². The monoisotopic (exact) mass is 395 g/mol. The highest BCUT2D eigenvalue weighted by Crippen LogP contribution is 2.28. The molecule has 0 saturated heterocycles. The zero-order valence-electron chi connectivity index (χ0n) is 15.1. The number of hydrogen-bond acceptors (Lipinski definition) is 5. The molecule has 0 fully saturated rings. The Morgan fingerprint density at radius 1 is 1.15 bits per heavy atom. The topological polar surface area (TPSA) is 47.0 Å². The predicted octanol–water partition coefficient (Wildman–Crippen LogP) is 5.51. The molecule has 0 unspecified atom stereocenters. The van der Waals surface area contributed by atoms with Crippen LogP contribution in [0.2, 0.25) is 0 Å². The minimum atomic E-state index is -4.66. The van der Waals surface area contributed by atoms with Gasteiger partial charge in [-0.25, -0.2) is 9.97 Å². The fourth-order valence-electron chi connectivity index (χ4n) is 2.74. The molecule has 0 aliphatic carbocycles. The van der Waals surface area contributed by atoms with Gasteiger partial charge in [0, 0.05) is 17.8 Å². The van der Waals surface area contributed by atoms with Crippen LogP contribution in [-0.2, 0) is 12.8 Å². The van der Waals surface area contributed by atoms with Crippen LogP contribution in [0.3, 0.4) is 0 Å². The molecule has 0 saturated carbocycles. The quantitative estimate of drug-likeness (QED) is 0.536. The summed E-state index contributed by atoms with van der Waals surface area (Å²) < 4.78 is 40.4. The third kappa shape index (κ3) is 5.32. The van der Waals surface area contributed by atoms with Crippen LogP contribution in [0, 0.1) is 6.92 Å². The second kappa shape index (κ2) is 8.12. The summed E-state index contributed by atoms with van der Waals surface area (Å²) in [6.07, 6.45) is -2.31. The van der Waals surface area contributed by atoms with Gasteiger partial charge in [-0.2, -0.15) is 0 Å². The highest BCUT2D eigenvalue weighted by atomic mass is 32.1. The van der Waals surface area contributed by atoms with E-state index < -0.39 is 6.36 Å². The standard InChI is InChI=1S/C19H20F3N3OS/c1-3-16-24-17(15-11-12(2)27-18(15)25-16)23-10-4-5-13-6-8-14(9-7-13)26-19(20,21)22/h6-9,11H,3-5,10H2,1-2H3,(H,23,24,25). The van der Waals surface area contributed by atoms with Crippen molar-refractivity contribution in [2.24, 2.45) is 0 Å². The molecule has 2 heterocycles. The first kappa shape index (κ1) is 19.4. The maximum Gasteiger partial charge on any atom is 0.573 e. The molecule has 0 aliphatic rings. The summed E-state index contributed by atoms with van der Waals surface area (Å²) >= 11 is 1.65. The number of benzene rings is 1. The number of fused-ring (bicyclic) bond motifs is 1. The van der Waals surface area contributed by atoms with E-state index in [-0.39, 0.29) is 5.75 Å². The lowest BCUT2D eigenvalue weighted by Crippen LogP contribution is -2.17. The van der Waals surface area contributed by atoms with E-state index in [4.69, 9.17) is 0 Å². The number of aromatic nitrogens is 2. The number of ether oxygens (including phenoxy) is 1. The molecule has 8 heteroatoms. The Morgan fingerprint density at radius 2 is 1.89 bits per heavy atom. The number of alkyl halides is 3. The van der Waals surface area contributed by atoms with Gasteiger partial charge in [-0.1, -0.05) is 19.1 Å². The number of nitrogens with one attached hydrogen (secondary N) is 1. The first-order valence-corrected chi connectivity index (χ1v) is 9.51. The number of hydrogen-bond donors (Lipinski definition) is 1. The zero-order chi connectivity index (χ0) is 19.4. The summed E-state index contributed by atoms with van der Waals surface area (Å²) in [5.74, 6) is 1.45. The Hall–Kier alpha value is -2.35. The van der Waals surface area contributed by atoms with Gasteiger partial charge in [0.05, 0.1) is 5.39 Å². The lowest BCUT2D eigenvalue weighted by molar-refractivity contribution is -0.274. The van der Waals surface area contributed by atoms with Crippen molar-refractivity contribution in [3.63, 3.8) is 0 Å². The van der Waals surface area contributed by atoms with E-state index in [0.29, 0.717) is 6.54 Å². The second-order valence-electron chi connectivity index (χ2n) is 6.14.